The Kier molecular flexibility index (Phi) is 5.92. The van der Waals surface area contributed by atoms with Crippen LogP contribution in [0.3, 0.4) is 0 Å². The van der Waals surface area contributed by atoms with E-state index in [1.54, 1.807) is 12.1 Å². The van der Waals surface area contributed by atoms with E-state index >= 15 is 0 Å². The molecular weight excluding hydrogens is 224 g/mol. The van der Waals surface area contributed by atoms with Crippen molar-refractivity contribution in [3.05, 3.63) is 60.7 Å². The summed E-state index contributed by atoms with van der Waals surface area (Å²) >= 11 is 0. The van der Waals surface area contributed by atoms with Gasteiger partial charge in [-0.05, 0) is 31.9 Å². The van der Waals surface area contributed by atoms with Crippen molar-refractivity contribution in [1.29, 1.82) is 0 Å². The lowest BCUT2D eigenvalue weighted by Gasteiger charge is -2.17. The molecule has 0 saturated heterocycles. The highest BCUT2D eigenvalue weighted by Crippen LogP contribution is 2.15. The molecule has 1 unspecified atom stereocenters. The van der Waals surface area contributed by atoms with Crippen molar-refractivity contribution >= 4 is 5.97 Å². The van der Waals surface area contributed by atoms with Gasteiger partial charge in [-0.2, -0.15) is 0 Å². The molecule has 0 heterocycles. The molecular formula is C16H20O2. The van der Waals surface area contributed by atoms with Gasteiger partial charge in [0.1, 0.15) is 6.10 Å². The second-order valence-corrected chi connectivity index (χ2v) is 4.42. The first-order chi connectivity index (χ1) is 8.63. The molecule has 0 aliphatic carbocycles. The summed E-state index contributed by atoms with van der Waals surface area (Å²) in [5.74, 6) is -0.272. The van der Waals surface area contributed by atoms with Crippen LogP contribution in [0.15, 0.2) is 55.1 Å². The van der Waals surface area contributed by atoms with Gasteiger partial charge in [0, 0.05) is 6.42 Å². The van der Waals surface area contributed by atoms with Crippen molar-refractivity contribution in [3.8, 4) is 0 Å². The normalized spacial score (nSPS) is 11.6. The summed E-state index contributed by atoms with van der Waals surface area (Å²) in [6.45, 7) is 9.49. The van der Waals surface area contributed by atoms with Crippen LogP contribution in [-0.2, 0) is 4.74 Å². The van der Waals surface area contributed by atoms with Crippen molar-refractivity contribution < 1.29 is 9.53 Å². The van der Waals surface area contributed by atoms with E-state index in [9.17, 15) is 4.79 Å². The molecule has 0 aliphatic rings. The Morgan fingerprint density at radius 1 is 1.39 bits per heavy atom. The standard InChI is InChI=1S/C16H20O2/c1-4-5-11-15(12-13(2)3)18-16(17)14-9-7-6-8-10-14/h4,6-10,15H,1-2,5,11-12H2,3H3. The van der Waals surface area contributed by atoms with Crippen LogP contribution in [0.2, 0.25) is 0 Å². The van der Waals surface area contributed by atoms with E-state index in [1.807, 2.05) is 31.2 Å². The Hall–Kier alpha value is -1.83. The summed E-state index contributed by atoms with van der Waals surface area (Å²) in [6, 6.07) is 9.05. The third-order valence-electron chi connectivity index (χ3n) is 2.55. The SMILES string of the molecule is C=CCCC(CC(=C)C)OC(=O)c1ccccc1. The lowest BCUT2D eigenvalue weighted by atomic mass is 10.1. The summed E-state index contributed by atoms with van der Waals surface area (Å²) < 4.78 is 5.50. The van der Waals surface area contributed by atoms with Crippen LogP contribution in [0.4, 0.5) is 0 Å². The minimum atomic E-state index is -0.272. The van der Waals surface area contributed by atoms with Crippen LogP contribution in [0.25, 0.3) is 0 Å². The molecule has 0 amide bonds. The van der Waals surface area contributed by atoms with Crippen molar-refractivity contribution in [3.63, 3.8) is 0 Å². The van der Waals surface area contributed by atoms with Gasteiger partial charge in [-0.1, -0.05) is 29.8 Å². The predicted octanol–water partition coefficient (Wildman–Crippen LogP) is 4.14. The third-order valence-corrected chi connectivity index (χ3v) is 2.55. The van der Waals surface area contributed by atoms with Gasteiger partial charge in [0.25, 0.3) is 0 Å². The van der Waals surface area contributed by atoms with Crippen LogP contribution < -0.4 is 0 Å². The largest absolute Gasteiger partial charge is 0.458 e. The lowest BCUT2D eigenvalue weighted by Crippen LogP contribution is -2.18. The topological polar surface area (TPSA) is 26.3 Å². The Morgan fingerprint density at radius 2 is 2.06 bits per heavy atom. The molecule has 0 saturated carbocycles. The summed E-state index contributed by atoms with van der Waals surface area (Å²) in [4.78, 5) is 11.9. The van der Waals surface area contributed by atoms with E-state index in [0.717, 1.165) is 18.4 Å². The molecule has 2 heteroatoms. The average Bonchev–Trinajstić information content (AvgIpc) is 2.36. The fourth-order valence-electron chi connectivity index (χ4n) is 1.69. The minimum Gasteiger partial charge on any atom is -0.458 e. The van der Waals surface area contributed by atoms with E-state index in [-0.39, 0.29) is 12.1 Å². The van der Waals surface area contributed by atoms with E-state index in [1.165, 1.54) is 0 Å². The number of esters is 1. The van der Waals surface area contributed by atoms with Crippen LogP contribution in [0.5, 0.6) is 0 Å². The van der Waals surface area contributed by atoms with E-state index < -0.39 is 0 Å². The van der Waals surface area contributed by atoms with Crippen molar-refractivity contribution in [2.24, 2.45) is 0 Å². The number of hydrogen-bond acceptors (Lipinski definition) is 2. The molecule has 0 N–H and O–H groups in total. The molecule has 1 rings (SSSR count). The zero-order valence-electron chi connectivity index (χ0n) is 10.9. The number of carbonyl (C=O) groups is 1. The molecule has 0 bridgehead atoms. The quantitative estimate of drug-likeness (QED) is 0.532. The summed E-state index contributed by atoms with van der Waals surface area (Å²) in [5.41, 5.74) is 1.60. The fraction of sp³-hybridized carbons (Fsp3) is 0.312. The number of rotatable bonds is 7. The number of ether oxygens (including phenoxy) is 1. The molecule has 1 atom stereocenters. The van der Waals surface area contributed by atoms with Gasteiger partial charge in [0.2, 0.25) is 0 Å². The predicted molar refractivity (Wildman–Crippen MR) is 74.5 cm³/mol. The van der Waals surface area contributed by atoms with Crippen molar-refractivity contribution in [2.75, 3.05) is 0 Å². The Bertz CT molecular complexity index is 406. The van der Waals surface area contributed by atoms with Crippen LogP contribution in [0, 0.1) is 0 Å². The van der Waals surface area contributed by atoms with Crippen LogP contribution >= 0.6 is 0 Å². The first kappa shape index (κ1) is 14.2. The molecule has 0 radical (unpaired) electrons. The molecule has 1 aromatic carbocycles. The molecule has 2 nitrogen and oxygen atoms in total. The molecule has 0 aromatic heterocycles. The van der Waals surface area contributed by atoms with Crippen LogP contribution in [-0.4, -0.2) is 12.1 Å². The average molecular weight is 244 g/mol. The van der Waals surface area contributed by atoms with Gasteiger partial charge in [0.15, 0.2) is 0 Å². The molecule has 0 fully saturated rings. The molecule has 96 valence electrons. The maximum atomic E-state index is 11.9. The summed E-state index contributed by atoms with van der Waals surface area (Å²) in [7, 11) is 0. The van der Waals surface area contributed by atoms with Gasteiger partial charge < -0.3 is 4.74 Å². The zero-order valence-corrected chi connectivity index (χ0v) is 10.9. The Morgan fingerprint density at radius 3 is 2.61 bits per heavy atom. The maximum Gasteiger partial charge on any atom is 0.338 e. The molecule has 1 aromatic rings. The number of benzene rings is 1. The lowest BCUT2D eigenvalue weighted by molar-refractivity contribution is 0.0286. The van der Waals surface area contributed by atoms with E-state index in [4.69, 9.17) is 4.74 Å². The van der Waals surface area contributed by atoms with Crippen molar-refractivity contribution in [2.45, 2.75) is 32.3 Å². The summed E-state index contributed by atoms with van der Waals surface area (Å²) in [6.07, 6.45) is 4.04. The van der Waals surface area contributed by atoms with Gasteiger partial charge in [-0.25, -0.2) is 4.79 Å². The Balaban J connectivity index is 2.61. The minimum absolute atomic E-state index is 0.117. The second-order valence-electron chi connectivity index (χ2n) is 4.42. The molecule has 0 aliphatic heterocycles. The molecule has 0 spiro atoms. The zero-order chi connectivity index (χ0) is 13.4. The highest BCUT2D eigenvalue weighted by atomic mass is 16.5. The van der Waals surface area contributed by atoms with E-state index in [0.29, 0.717) is 12.0 Å². The fourth-order valence-corrected chi connectivity index (χ4v) is 1.69. The second kappa shape index (κ2) is 7.49. The number of hydrogen-bond donors (Lipinski definition) is 0. The summed E-state index contributed by atoms with van der Waals surface area (Å²) in [5, 5.41) is 0. The first-order valence-electron chi connectivity index (χ1n) is 6.14. The smallest absolute Gasteiger partial charge is 0.338 e. The molecule has 18 heavy (non-hydrogen) atoms. The third kappa shape index (κ3) is 5.00. The van der Waals surface area contributed by atoms with Gasteiger partial charge in [-0.3, -0.25) is 0 Å². The van der Waals surface area contributed by atoms with Gasteiger partial charge in [-0.15, -0.1) is 13.2 Å². The highest BCUT2D eigenvalue weighted by molar-refractivity contribution is 5.89. The van der Waals surface area contributed by atoms with Gasteiger partial charge in [0.05, 0.1) is 5.56 Å². The van der Waals surface area contributed by atoms with Crippen molar-refractivity contribution in [1.82, 2.24) is 0 Å². The number of allylic oxidation sites excluding steroid dienone is 1. The maximum absolute atomic E-state index is 11.9. The van der Waals surface area contributed by atoms with Gasteiger partial charge >= 0.3 is 5.97 Å². The van der Waals surface area contributed by atoms with E-state index in [2.05, 4.69) is 13.2 Å². The van der Waals surface area contributed by atoms with Crippen LogP contribution in [0.1, 0.15) is 36.5 Å². The Labute approximate surface area is 109 Å². The monoisotopic (exact) mass is 244 g/mol. The first-order valence-corrected chi connectivity index (χ1v) is 6.14. The highest BCUT2D eigenvalue weighted by Gasteiger charge is 2.15. The number of carbonyl (C=O) groups excluding carboxylic acids is 1.